The number of hydrogen-bond acceptors (Lipinski definition) is 6. The average molecular weight is 217 g/mol. The molecule has 0 fully saturated rings. The van der Waals surface area contributed by atoms with Crippen LogP contribution in [0.1, 0.15) is 6.92 Å². The third-order valence-corrected chi connectivity index (χ3v) is 3.35. The molecular formula is C7H11N3O3S. The van der Waals surface area contributed by atoms with E-state index in [2.05, 4.69) is 9.97 Å². The zero-order valence-electron chi connectivity index (χ0n) is 7.89. The van der Waals surface area contributed by atoms with Crippen molar-refractivity contribution in [2.45, 2.75) is 11.9 Å². The number of anilines is 1. The molecule has 0 saturated carbocycles. The Hall–Kier alpha value is -1.37. The van der Waals surface area contributed by atoms with E-state index in [1.165, 1.54) is 14.0 Å². The fourth-order valence-corrected chi connectivity index (χ4v) is 1.82. The van der Waals surface area contributed by atoms with Gasteiger partial charge >= 0.3 is 0 Å². The molecular weight excluding hydrogens is 206 g/mol. The number of rotatable bonds is 3. The minimum Gasteiger partial charge on any atom is -0.479 e. The largest absolute Gasteiger partial charge is 0.479 e. The van der Waals surface area contributed by atoms with Gasteiger partial charge in [-0.15, -0.1) is 0 Å². The summed E-state index contributed by atoms with van der Waals surface area (Å²) >= 11 is 0. The number of hydrogen-bond donors (Lipinski definition) is 1. The van der Waals surface area contributed by atoms with Gasteiger partial charge in [0.25, 0.3) is 0 Å². The molecule has 1 aromatic rings. The zero-order chi connectivity index (χ0) is 10.8. The van der Waals surface area contributed by atoms with Crippen molar-refractivity contribution in [2.75, 3.05) is 18.6 Å². The molecule has 0 aromatic carbocycles. The Morgan fingerprint density at radius 3 is 2.64 bits per heavy atom. The highest BCUT2D eigenvalue weighted by Crippen LogP contribution is 2.24. The SMILES string of the molecule is CCS(=O)(=O)c1ncnc(OC)c1N. The highest BCUT2D eigenvalue weighted by atomic mass is 32.2. The molecule has 78 valence electrons. The number of ether oxygens (including phenoxy) is 1. The van der Waals surface area contributed by atoms with Crippen molar-refractivity contribution < 1.29 is 13.2 Å². The standard InChI is InChI=1S/C7H11N3O3S/c1-3-14(11,12)7-5(8)6(13-2)9-4-10-7/h4H,3,8H2,1-2H3. The summed E-state index contributed by atoms with van der Waals surface area (Å²) in [6.45, 7) is 1.52. The molecule has 2 N–H and O–H groups in total. The first-order valence-corrected chi connectivity index (χ1v) is 5.55. The third kappa shape index (κ3) is 1.77. The second-order valence-electron chi connectivity index (χ2n) is 2.51. The fraction of sp³-hybridized carbons (Fsp3) is 0.429. The molecule has 0 unspecified atom stereocenters. The molecule has 0 amide bonds. The summed E-state index contributed by atoms with van der Waals surface area (Å²) in [7, 11) is -2.06. The van der Waals surface area contributed by atoms with E-state index in [1.54, 1.807) is 0 Å². The van der Waals surface area contributed by atoms with E-state index in [0.29, 0.717) is 0 Å². The molecule has 0 bridgehead atoms. The Bertz CT molecular complexity index is 430. The van der Waals surface area contributed by atoms with E-state index in [0.717, 1.165) is 6.33 Å². The summed E-state index contributed by atoms with van der Waals surface area (Å²) in [6, 6.07) is 0. The highest BCUT2D eigenvalue weighted by molar-refractivity contribution is 7.91. The van der Waals surface area contributed by atoms with Crippen LogP contribution in [0.25, 0.3) is 0 Å². The lowest BCUT2D eigenvalue weighted by molar-refractivity contribution is 0.397. The van der Waals surface area contributed by atoms with Gasteiger partial charge in [-0.1, -0.05) is 6.92 Å². The van der Waals surface area contributed by atoms with Crippen LogP contribution in [0.15, 0.2) is 11.4 Å². The fourth-order valence-electron chi connectivity index (χ4n) is 0.912. The number of sulfone groups is 1. The quantitative estimate of drug-likeness (QED) is 0.708. The van der Waals surface area contributed by atoms with Crippen LogP contribution in [0.5, 0.6) is 5.88 Å². The maximum Gasteiger partial charge on any atom is 0.241 e. The molecule has 0 aliphatic carbocycles. The minimum atomic E-state index is -3.42. The molecule has 0 saturated heterocycles. The van der Waals surface area contributed by atoms with Gasteiger partial charge in [-0.05, 0) is 0 Å². The summed E-state index contributed by atoms with van der Waals surface area (Å²) in [4.78, 5) is 7.31. The normalized spacial score (nSPS) is 11.3. The summed E-state index contributed by atoms with van der Waals surface area (Å²) < 4.78 is 27.7. The Kier molecular flexibility index (Phi) is 2.90. The molecule has 0 atom stereocenters. The molecule has 1 heterocycles. The molecule has 0 aliphatic heterocycles. The van der Waals surface area contributed by atoms with E-state index >= 15 is 0 Å². The third-order valence-electron chi connectivity index (χ3n) is 1.68. The van der Waals surface area contributed by atoms with Crippen LogP contribution in [0.3, 0.4) is 0 Å². The first kappa shape index (κ1) is 10.7. The monoisotopic (exact) mass is 217 g/mol. The zero-order valence-corrected chi connectivity index (χ0v) is 8.71. The van der Waals surface area contributed by atoms with Crippen molar-refractivity contribution in [3.05, 3.63) is 6.33 Å². The van der Waals surface area contributed by atoms with Crippen LogP contribution < -0.4 is 10.5 Å². The van der Waals surface area contributed by atoms with Crippen molar-refractivity contribution in [1.82, 2.24) is 9.97 Å². The van der Waals surface area contributed by atoms with E-state index in [4.69, 9.17) is 10.5 Å². The number of nitrogens with two attached hydrogens (primary N) is 1. The summed E-state index contributed by atoms with van der Waals surface area (Å²) in [5, 5.41) is -0.174. The second-order valence-corrected chi connectivity index (χ2v) is 4.70. The first-order chi connectivity index (χ1) is 6.53. The Morgan fingerprint density at radius 1 is 1.50 bits per heavy atom. The van der Waals surface area contributed by atoms with Crippen LogP contribution in [-0.4, -0.2) is 31.2 Å². The van der Waals surface area contributed by atoms with Crippen LogP contribution in [-0.2, 0) is 9.84 Å². The van der Waals surface area contributed by atoms with Crippen molar-refractivity contribution in [2.24, 2.45) is 0 Å². The molecule has 1 rings (SSSR count). The summed E-state index contributed by atoms with van der Waals surface area (Å²) in [5.74, 6) is 0.0178. The summed E-state index contributed by atoms with van der Waals surface area (Å²) in [6.07, 6.45) is 1.11. The maximum atomic E-state index is 11.5. The number of nitrogen functional groups attached to an aromatic ring is 1. The Balaban J connectivity index is 3.37. The molecule has 0 spiro atoms. The minimum absolute atomic E-state index is 0.0446. The molecule has 6 nitrogen and oxygen atoms in total. The Morgan fingerprint density at radius 2 is 2.14 bits per heavy atom. The predicted octanol–water partition coefficient (Wildman–Crippen LogP) is -0.139. The van der Waals surface area contributed by atoms with Crippen LogP contribution in [0.4, 0.5) is 5.69 Å². The first-order valence-electron chi connectivity index (χ1n) is 3.90. The molecule has 0 aliphatic rings. The topological polar surface area (TPSA) is 95.2 Å². The van der Waals surface area contributed by atoms with Gasteiger partial charge in [-0.2, -0.15) is 4.98 Å². The van der Waals surface area contributed by atoms with Gasteiger partial charge in [0.15, 0.2) is 14.9 Å². The number of nitrogens with zero attached hydrogens (tertiary/aromatic N) is 2. The predicted molar refractivity (Wildman–Crippen MR) is 50.7 cm³/mol. The van der Waals surface area contributed by atoms with Crippen molar-refractivity contribution >= 4 is 15.5 Å². The highest BCUT2D eigenvalue weighted by Gasteiger charge is 2.20. The molecule has 14 heavy (non-hydrogen) atoms. The van der Waals surface area contributed by atoms with E-state index in [1.807, 2.05) is 0 Å². The summed E-state index contributed by atoms with van der Waals surface area (Å²) in [5.41, 5.74) is 5.48. The van der Waals surface area contributed by atoms with E-state index < -0.39 is 9.84 Å². The smallest absolute Gasteiger partial charge is 0.241 e. The van der Waals surface area contributed by atoms with Crippen molar-refractivity contribution in [1.29, 1.82) is 0 Å². The van der Waals surface area contributed by atoms with E-state index in [9.17, 15) is 8.42 Å². The lowest BCUT2D eigenvalue weighted by atomic mass is 10.5. The molecule has 0 radical (unpaired) electrons. The average Bonchev–Trinajstić information content (AvgIpc) is 2.18. The van der Waals surface area contributed by atoms with E-state index in [-0.39, 0.29) is 22.3 Å². The van der Waals surface area contributed by atoms with Gasteiger partial charge in [0.05, 0.1) is 12.9 Å². The van der Waals surface area contributed by atoms with Gasteiger partial charge < -0.3 is 10.5 Å². The van der Waals surface area contributed by atoms with Gasteiger partial charge in [0.1, 0.15) is 12.0 Å². The van der Waals surface area contributed by atoms with Crippen LogP contribution >= 0.6 is 0 Å². The molecule has 7 heteroatoms. The maximum absolute atomic E-state index is 11.5. The van der Waals surface area contributed by atoms with Gasteiger partial charge in [-0.3, -0.25) is 0 Å². The van der Waals surface area contributed by atoms with Gasteiger partial charge in [-0.25, -0.2) is 13.4 Å². The van der Waals surface area contributed by atoms with Crippen molar-refractivity contribution in [3.63, 3.8) is 0 Å². The molecule has 1 aromatic heterocycles. The number of aromatic nitrogens is 2. The second kappa shape index (κ2) is 3.79. The lowest BCUT2D eigenvalue weighted by Gasteiger charge is -2.06. The Labute approximate surface area is 82.0 Å². The van der Waals surface area contributed by atoms with Crippen molar-refractivity contribution in [3.8, 4) is 5.88 Å². The van der Waals surface area contributed by atoms with Gasteiger partial charge in [0, 0.05) is 0 Å². The van der Waals surface area contributed by atoms with Gasteiger partial charge in [0.2, 0.25) is 5.88 Å². The van der Waals surface area contributed by atoms with Crippen LogP contribution in [0, 0.1) is 0 Å². The lowest BCUT2D eigenvalue weighted by Crippen LogP contribution is -2.11. The van der Waals surface area contributed by atoms with Crippen LogP contribution in [0.2, 0.25) is 0 Å². The number of methoxy groups -OCH3 is 1.